The van der Waals surface area contributed by atoms with Crippen LogP contribution >= 0.6 is 0 Å². The average molecular weight is 350 g/mol. The third-order valence-corrected chi connectivity index (χ3v) is 4.78. The Morgan fingerprint density at radius 2 is 2.19 bits per heavy atom. The van der Waals surface area contributed by atoms with E-state index in [4.69, 9.17) is 4.52 Å². The number of benzene rings is 1. The van der Waals surface area contributed by atoms with E-state index in [0.29, 0.717) is 5.69 Å². The zero-order chi connectivity index (χ0) is 17.8. The number of likely N-dealkylation sites (tertiary alicyclic amines) is 1. The van der Waals surface area contributed by atoms with Gasteiger partial charge < -0.3 is 9.84 Å². The van der Waals surface area contributed by atoms with Gasteiger partial charge in [-0.25, -0.2) is 0 Å². The van der Waals surface area contributed by atoms with Crippen molar-refractivity contribution < 1.29 is 9.32 Å². The zero-order valence-corrected chi connectivity index (χ0v) is 14.6. The number of rotatable bonds is 5. The molecule has 0 saturated carbocycles. The molecule has 0 spiro atoms. The highest BCUT2D eigenvalue weighted by Crippen LogP contribution is 2.18. The molecule has 1 aliphatic heterocycles. The van der Waals surface area contributed by atoms with E-state index < -0.39 is 0 Å². The van der Waals surface area contributed by atoms with Crippen molar-refractivity contribution in [3.8, 4) is 0 Å². The van der Waals surface area contributed by atoms with Crippen LogP contribution in [-0.4, -0.2) is 40.1 Å². The van der Waals surface area contributed by atoms with E-state index in [1.165, 1.54) is 5.56 Å². The Kier molecular flexibility index (Phi) is 4.93. The molecule has 1 aliphatic rings. The van der Waals surface area contributed by atoms with E-state index in [0.717, 1.165) is 43.4 Å². The number of piperidine rings is 1. The molecular weight excluding hydrogens is 328 g/mol. The number of nitrogens with zero attached hydrogens (tertiary/aromatic N) is 3. The van der Waals surface area contributed by atoms with Gasteiger partial charge in [0.1, 0.15) is 5.69 Å². The third kappa shape index (κ3) is 3.91. The summed E-state index contributed by atoms with van der Waals surface area (Å²) in [6.07, 6.45) is 6.03. The third-order valence-electron chi connectivity index (χ3n) is 4.78. The molecule has 1 atom stereocenters. The number of carbonyl (C=O) groups excluding carboxylic acids is 1. The number of aromatic nitrogens is 2. The van der Waals surface area contributed by atoms with Gasteiger partial charge in [0.05, 0.1) is 6.42 Å². The van der Waals surface area contributed by atoms with E-state index >= 15 is 0 Å². The second-order valence-corrected chi connectivity index (χ2v) is 6.81. The molecular formula is C20H22N4O2. The molecule has 1 saturated heterocycles. The fourth-order valence-electron chi connectivity index (χ4n) is 3.56. The van der Waals surface area contributed by atoms with Crippen LogP contribution in [0.25, 0.3) is 11.0 Å². The van der Waals surface area contributed by atoms with Crippen LogP contribution in [0.5, 0.6) is 0 Å². The van der Waals surface area contributed by atoms with Gasteiger partial charge in [-0.2, -0.15) is 0 Å². The summed E-state index contributed by atoms with van der Waals surface area (Å²) in [6.45, 7) is 2.78. The standard InChI is InChI=1S/C20H22N4O2/c25-20(11-18-17-7-1-2-8-19(17)26-23-18)22-16-6-4-10-24(14-16)13-15-5-3-9-21-12-15/h1-3,5,7-9,12,16H,4,6,10-11,13-14H2,(H,22,25). The predicted octanol–water partition coefficient (Wildman–Crippen LogP) is 2.55. The Morgan fingerprint density at radius 1 is 1.27 bits per heavy atom. The molecule has 0 bridgehead atoms. The first-order chi connectivity index (χ1) is 12.8. The second kappa shape index (κ2) is 7.66. The minimum Gasteiger partial charge on any atom is -0.356 e. The number of hydrogen-bond donors (Lipinski definition) is 1. The molecule has 1 N–H and O–H groups in total. The summed E-state index contributed by atoms with van der Waals surface area (Å²) in [5.74, 6) is -0.00252. The van der Waals surface area contributed by atoms with Gasteiger partial charge in [0.25, 0.3) is 0 Å². The lowest BCUT2D eigenvalue weighted by atomic mass is 10.0. The van der Waals surface area contributed by atoms with Gasteiger partial charge in [0.2, 0.25) is 5.91 Å². The Morgan fingerprint density at radius 3 is 3.08 bits per heavy atom. The van der Waals surface area contributed by atoms with Gasteiger partial charge >= 0.3 is 0 Å². The molecule has 6 nitrogen and oxygen atoms in total. The van der Waals surface area contributed by atoms with Crippen molar-refractivity contribution in [1.82, 2.24) is 20.4 Å². The number of fused-ring (bicyclic) bond motifs is 1. The van der Waals surface area contributed by atoms with Crippen LogP contribution in [0.2, 0.25) is 0 Å². The van der Waals surface area contributed by atoms with Crippen molar-refractivity contribution in [2.24, 2.45) is 0 Å². The molecule has 6 heteroatoms. The minimum atomic E-state index is -0.00252. The highest BCUT2D eigenvalue weighted by Gasteiger charge is 2.22. The first-order valence-electron chi connectivity index (χ1n) is 9.02. The number of hydrogen-bond acceptors (Lipinski definition) is 5. The summed E-state index contributed by atoms with van der Waals surface area (Å²) in [7, 11) is 0. The van der Waals surface area contributed by atoms with Crippen molar-refractivity contribution in [2.45, 2.75) is 31.8 Å². The topological polar surface area (TPSA) is 71.3 Å². The van der Waals surface area contributed by atoms with Crippen LogP contribution < -0.4 is 5.32 Å². The molecule has 3 heterocycles. The van der Waals surface area contributed by atoms with Crippen LogP contribution in [0.1, 0.15) is 24.1 Å². The summed E-state index contributed by atoms with van der Waals surface area (Å²) in [5, 5.41) is 8.11. The Labute approximate surface area is 152 Å². The number of pyridine rings is 1. The molecule has 1 aromatic carbocycles. The van der Waals surface area contributed by atoms with Crippen molar-refractivity contribution in [3.05, 3.63) is 60.0 Å². The summed E-state index contributed by atoms with van der Waals surface area (Å²) in [4.78, 5) is 19.0. The predicted molar refractivity (Wildman–Crippen MR) is 98.4 cm³/mol. The Bertz CT molecular complexity index is 878. The van der Waals surface area contributed by atoms with Crippen molar-refractivity contribution in [1.29, 1.82) is 0 Å². The van der Waals surface area contributed by atoms with E-state index in [9.17, 15) is 4.79 Å². The fourth-order valence-corrected chi connectivity index (χ4v) is 3.56. The fraction of sp³-hybridized carbons (Fsp3) is 0.350. The number of carbonyl (C=O) groups is 1. The maximum atomic E-state index is 12.5. The number of nitrogens with one attached hydrogen (secondary N) is 1. The van der Waals surface area contributed by atoms with Crippen molar-refractivity contribution in [2.75, 3.05) is 13.1 Å². The molecule has 0 aliphatic carbocycles. The maximum Gasteiger partial charge on any atom is 0.226 e. The van der Waals surface area contributed by atoms with Gasteiger partial charge in [-0.1, -0.05) is 23.4 Å². The van der Waals surface area contributed by atoms with E-state index in [-0.39, 0.29) is 18.4 Å². The molecule has 1 fully saturated rings. The van der Waals surface area contributed by atoms with Gasteiger partial charge in [-0.3, -0.25) is 14.7 Å². The highest BCUT2D eigenvalue weighted by molar-refractivity contribution is 5.86. The zero-order valence-electron chi connectivity index (χ0n) is 14.6. The second-order valence-electron chi connectivity index (χ2n) is 6.81. The molecule has 0 radical (unpaired) electrons. The monoisotopic (exact) mass is 350 g/mol. The molecule has 1 unspecified atom stereocenters. The first kappa shape index (κ1) is 16.7. The highest BCUT2D eigenvalue weighted by atomic mass is 16.5. The van der Waals surface area contributed by atoms with Crippen LogP contribution in [0.4, 0.5) is 0 Å². The molecule has 1 amide bonds. The lowest BCUT2D eigenvalue weighted by Crippen LogP contribution is -2.47. The van der Waals surface area contributed by atoms with E-state index in [2.05, 4.69) is 26.4 Å². The normalized spacial score (nSPS) is 18.1. The Hall–Kier alpha value is -2.73. The van der Waals surface area contributed by atoms with Crippen LogP contribution in [0, 0.1) is 0 Å². The summed E-state index contributed by atoms with van der Waals surface area (Å²) >= 11 is 0. The lowest BCUT2D eigenvalue weighted by molar-refractivity contribution is -0.121. The molecule has 4 rings (SSSR count). The van der Waals surface area contributed by atoms with Gasteiger partial charge in [-0.15, -0.1) is 0 Å². The Balaban J connectivity index is 1.33. The molecule has 3 aromatic rings. The molecule has 26 heavy (non-hydrogen) atoms. The first-order valence-corrected chi connectivity index (χ1v) is 9.02. The smallest absolute Gasteiger partial charge is 0.226 e. The van der Waals surface area contributed by atoms with Gasteiger partial charge in [-0.05, 0) is 43.1 Å². The summed E-state index contributed by atoms with van der Waals surface area (Å²) in [5.41, 5.74) is 2.62. The quantitative estimate of drug-likeness (QED) is 0.766. The maximum absolute atomic E-state index is 12.5. The van der Waals surface area contributed by atoms with Crippen LogP contribution in [0.3, 0.4) is 0 Å². The number of para-hydroxylation sites is 1. The molecule has 134 valence electrons. The number of amides is 1. The lowest BCUT2D eigenvalue weighted by Gasteiger charge is -2.33. The van der Waals surface area contributed by atoms with Gasteiger partial charge in [0.15, 0.2) is 5.58 Å². The van der Waals surface area contributed by atoms with Crippen molar-refractivity contribution >= 4 is 16.9 Å². The van der Waals surface area contributed by atoms with E-state index in [1.54, 1.807) is 6.20 Å². The molecule has 2 aromatic heterocycles. The van der Waals surface area contributed by atoms with E-state index in [1.807, 2.05) is 36.5 Å². The largest absolute Gasteiger partial charge is 0.356 e. The minimum absolute atomic E-state index is 0.00252. The van der Waals surface area contributed by atoms with Crippen molar-refractivity contribution in [3.63, 3.8) is 0 Å². The van der Waals surface area contributed by atoms with Gasteiger partial charge in [0, 0.05) is 36.9 Å². The summed E-state index contributed by atoms with van der Waals surface area (Å²) in [6, 6.07) is 11.8. The SMILES string of the molecule is O=C(Cc1noc2ccccc12)NC1CCCN(Cc2cccnc2)C1. The average Bonchev–Trinajstić information content (AvgIpc) is 3.06. The summed E-state index contributed by atoms with van der Waals surface area (Å²) < 4.78 is 5.28. The van der Waals surface area contributed by atoms with Crippen LogP contribution in [0.15, 0.2) is 53.3 Å². The van der Waals surface area contributed by atoms with Crippen LogP contribution in [-0.2, 0) is 17.8 Å².